The van der Waals surface area contributed by atoms with E-state index in [1.165, 1.54) is 0 Å². The molecule has 0 aliphatic carbocycles. The molecule has 0 aliphatic heterocycles. The van der Waals surface area contributed by atoms with Crippen molar-refractivity contribution in [2.24, 2.45) is 0 Å². The predicted molar refractivity (Wildman–Crippen MR) is 62.7 cm³/mol. The van der Waals surface area contributed by atoms with Gasteiger partial charge in [0.15, 0.2) is 0 Å². The number of carboxylic acids is 1. The minimum absolute atomic E-state index is 0.309. The number of H-pyrrole nitrogens is 1. The molecular weight excluding hydrogens is 202 g/mol. The summed E-state index contributed by atoms with van der Waals surface area (Å²) in [4.78, 5) is 14.1. The van der Waals surface area contributed by atoms with E-state index in [1.54, 1.807) is 18.2 Å². The zero-order valence-electron chi connectivity index (χ0n) is 9.24. The van der Waals surface area contributed by atoms with Crippen molar-refractivity contribution in [3.63, 3.8) is 0 Å². The summed E-state index contributed by atoms with van der Waals surface area (Å²) in [6.07, 6.45) is 0. The highest BCUT2D eigenvalue weighted by Crippen LogP contribution is 2.23. The molecule has 0 atom stereocenters. The van der Waals surface area contributed by atoms with E-state index in [0.717, 1.165) is 22.5 Å². The fraction of sp³-hybridized carbons (Fsp3) is 0.154. The lowest BCUT2D eigenvalue weighted by Gasteiger charge is -2.02. The Hall–Kier alpha value is -2.03. The summed E-state index contributed by atoms with van der Waals surface area (Å²) < 4.78 is 0. The number of aryl methyl sites for hydroxylation is 2. The third-order valence-electron chi connectivity index (χ3n) is 2.55. The van der Waals surface area contributed by atoms with Gasteiger partial charge in [-0.1, -0.05) is 12.1 Å². The Morgan fingerprint density at radius 3 is 2.56 bits per heavy atom. The number of benzene rings is 1. The minimum Gasteiger partial charge on any atom is -0.478 e. The van der Waals surface area contributed by atoms with E-state index in [0.29, 0.717) is 5.56 Å². The molecule has 0 unspecified atom stereocenters. The molecule has 0 spiro atoms. The van der Waals surface area contributed by atoms with Crippen LogP contribution in [0.25, 0.3) is 11.3 Å². The maximum Gasteiger partial charge on any atom is 0.335 e. The number of hydrogen-bond donors (Lipinski definition) is 2. The van der Waals surface area contributed by atoms with Crippen LogP contribution in [0.2, 0.25) is 0 Å². The third-order valence-corrected chi connectivity index (χ3v) is 2.55. The Morgan fingerprint density at radius 1 is 1.25 bits per heavy atom. The zero-order chi connectivity index (χ0) is 11.7. The van der Waals surface area contributed by atoms with Crippen molar-refractivity contribution in [2.45, 2.75) is 13.8 Å². The van der Waals surface area contributed by atoms with Crippen molar-refractivity contribution in [3.8, 4) is 11.3 Å². The smallest absolute Gasteiger partial charge is 0.335 e. The number of rotatable bonds is 2. The van der Waals surface area contributed by atoms with Gasteiger partial charge in [0, 0.05) is 11.4 Å². The normalized spacial score (nSPS) is 10.4. The Bertz CT molecular complexity index is 541. The number of aromatic carboxylic acids is 1. The molecule has 16 heavy (non-hydrogen) atoms. The molecule has 3 nitrogen and oxygen atoms in total. The summed E-state index contributed by atoms with van der Waals surface area (Å²) in [5.41, 5.74) is 4.41. The predicted octanol–water partition coefficient (Wildman–Crippen LogP) is 3.00. The minimum atomic E-state index is -0.900. The van der Waals surface area contributed by atoms with Crippen LogP contribution < -0.4 is 0 Å². The maximum atomic E-state index is 10.9. The van der Waals surface area contributed by atoms with Crippen LogP contribution in [0.4, 0.5) is 0 Å². The van der Waals surface area contributed by atoms with Gasteiger partial charge in [-0.15, -0.1) is 0 Å². The lowest BCUT2D eigenvalue weighted by molar-refractivity contribution is 0.0697. The van der Waals surface area contributed by atoms with Crippen LogP contribution in [0.5, 0.6) is 0 Å². The van der Waals surface area contributed by atoms with Crippen molar-refractivity contribution in [3.05, 3.63) is 47.2 Å². The first kappa shape index (κ1) is 10.5. The van der Waals surface area contributed by atoms with Gasteiger partial charge < -0.3 is 10.1 Å². The molecule has 0 fully saturated rings. The van der Waals surface area contributed by atoms with Crippen LogP contribution in [0.15, 0.2) is 30.3 Å². The van der Waals surface area contributed by atoms with Crippen LogP contribution in [-0.4, -0.2) is 16.1 Å². The highest BCUT2D eigenvalue weighted by Gasteiger charge is 2.08. The lowest BCUT2D eigenvalue weighted by atomic mass is 10.1. The number of carbonyl (C=O) groups is 1. The summed E-state index contributed by atoms with van der Waals surface area (Å²) in [6.45, 7) is 3.99. The van der Waals surface area contributed by atoms with Gasteiger partial charge in [-0.05, 0) is 43.2 Å². The molecule has 0 bridgehead atoms. The lowest BCUT2D eigenvalue weighted by Crippen LogP contribution is -1.96. The van der Waals surface area contributed by atoms with Crippen molar-refractivity contribution < 1.29 is 9.90 Å². The molecule has 0 radical (unpaired) electrons. The van der Waals surface area contributed by atoms with Crippen molar-refractivity contribution in [2.75, 3.05) is 0 Å². The van der Waals surface area contributed by atoms with Crippen molar-refractivity contribution >= 4 is 5.97 Å². The van der Waals surface area contributed by atoms with E-state index in [-0.39, 0.29) is 0 Å². The van der Waals surface area contributed by atoms with Crippen LogP contribution in [0.1, 0.15) is 21.6 Å². The largest absolute Gasteiger partial charge is 0.478 e. The molecular formula is C13H13NO2. The fourth-order valence-corrected chi connectivity index (χ4v) is 1.84. The van der Waals surface area contributed by atoms with Crippen LogP contribution in [0, 0.1) is 13.8 Å². The van der Waals surface area contributed by atoms with E-state index >= 15 is 0 Å². The molecule has 1 aromatic carbocycles. The summed E-state index contributed by atoms with van der Waals surface area (Å²) in [5.74, 6) is -0.900. The Morgan fingerprint density at radius 2 is 2.00 bits per heavy atom. The first-order valence-corrected chi connectivity index (χ1v) is 5.08. The number of aromatic amines is 1. The average Bonchev–Trinajstić information content (AvgIpc) is 2.58. The molecule has 2 rings (SSSR count). The molecule has 2 N–H and O–H groups in total. The molecule has 1 heterocycles. The quantitative estimate of drug-likeness (QED) is 0.809. The summed E-state index contributed by atoms with van der Waals surface area (Å²) in [7, 11) is 0. The number of aromatic nitrogens is 1. The van der Waals surface area contributed by atoms with Crippen LogP contribution in [0.3, 0.4) is 0 Å². The second-order valence-corrected chi connectivity index (χ2v) is 3.90. The molecule has 2 aromatic rings. The fourth-order valence-electron chi connectivity index (χ4n) is 1.84. The molecule has 82 valence electrons. The van der Waals surface area contributed by atoms with E-state index < -0.39 is 5.97 Å². The van der Waals surface area contributed by atoms with Gasteiger partial charge in [0.05, 0.1) is 5.56 Å². The highest BCUT2D eigenvalue weighted by molar-refractivity contribution is 5.89. The maximum absolute atomic E-state index is 10.9. The van der Waals surface area contributed by atoms with Crippen molar-refractivity contribution in [1.29, 1.82) is 0 Å². The molecule has 0 saturated carbocycles. The van der Waals surface area contributed by atoms with Crippen LogP contribution >= 0.6 is 0 Å². The van der Waals surface area contributed by atoms with Gasteiger partial charge in [-0.3, -0.25) is 0 Å². The second kappa shape index (κ2) is 3.85. The van der Waals surface area contributed by atoms with E-state index in [9.17, 15) is 4.79 Å². The van der Waals surface area contributed by atoms with Crippen LogP contribution in [-0.2, 0) is 0 Å². The number of carboxylic acid groups (broad SMARTS) is 1. The summed E-state index contributed by atoms with van der Waals surface area (Å²) in [5, 5.41) is 8.92. The monoisotopic (exact) mass is 215 g/mol. The Balaban J connectivity index is 2.52. The molecule has 0 amide bonds. The Kier molecular flexibility index (Phi) is 2.52. The summed E-state index contributed by atoms with van der Waals surface area (Å²) in [6, 6.07) is 8.99. The van der Waals surface area contributed by atoms with E-state index in [4.69, 9.17) is 5.11 Å². The number of nitrogens with one attached hydrogen (secondary N) is 1. The van der Waals surface area contributed by atoms with Gasteiger partial charge in [-0.25, -0.2) is 4.79 Å². The first-order valence-electron chi connectivity index (χ1n) is 5.08. The SMILES string of the molecule is Cc1cc(C)c(-c2cccc(C(=O)O)c2)[nH]1. The topological polar surface area (TPSA) is 53.1 Å². The van der Waals surface area contributed by atoms with E-state index in [2.05, 4.69) is 4.98 Å². The number of hydrogen-bond acceptors (Lipinski definition) is 1. The second-order valence-electron chi connectivity index (χ2n) is 3.90. The molecule has 3 heteroatoms. The van der Waals surface area contributed by atoms with Gasteiger partial charge in [0.1, 0.15) is 0 Å². The third kappa shape index (κ3) is 1.84. The molecule has 1 aromatic heterocycles. The molecule has 0 aliphatic rings. The first-order chi connectivity index (χ1) is 7.58. The van der Waals surface area contributed by atoms with Crippen molar-refractivity contribution in [1.82, 2.24) is 4.98 Å². The highest BCUT2D eigenvalue weighted by atomic mass is 16.4. The average molecular weight is 215 g/mol. The Labute approximate surface area is 93.7 Å². The van der Waals surface area contributed by atoms with Gasteiger partial charge in [0.25, 0.3) is 0 Å². The van der Waals surface area contributed by atoms with Gasteiger partial charge >= 0.3 is 5.97 Å². The van der Waals surface area contributed by atoms with E-state index in [1.807, 2.05) is 26.0 Å². The zero-order valence-corrected chi connectivity index (χ0v) is 9.24. The molecule has 0 saturated heterocycles. The standard InChI is InChI=1S/C13H13NO2/c1-8-6-9(2)14-12(8)10-4-3-5-11(7-10)13(15)16/h3-7,14H,1-2H3,(H,15,16). The van der Waals surface area contributed by atoms with Gasteiger partial charge in [0.2, 0.25) is 0 Å². The summed E-state index contributed by atoms with van der Waals surface area (Å²) >= 11 is 0. The van der Waals surface area contributed by atoms with Gasteiger partial charge in [-0.2, -0.15) is 0 Å².